The van der Waals surface area contributed by atoms with Crippen LogP contribution in [0.25, 0.3) is 0 Å². The molecular formula is C12H8BF5NO-. The van der Waals surface area contributed by atoms with E-state index in [2.05, 4.69) is 4.98 Å². The maximum Gasteiger partial charge on any atom is 0.511 e. The van der Waals surface area contributed by atoms with Crippen LogP contribution in [0.5, 0.6) is 5.75 Å². The highest BCUT2D eigenvalue weighted by molar-refractivity contribution is 6.73. The molecule has 2 aromatic rings. The molecule has 1 aromatic heterocycles. The van der Waals surface area contributed by atoms with Crippen molar-refractivity contribution in [2.75, 3.05) is 0 Å². The Morgan fingerprint density at radius 3 is 2.40 bits per heavy atom. The molecule has 0 aliphatic carbocycles. The third kappa shape index (κ3) is 3.46. The van der Waals surface area contributed by atoms with Gasteiger partial charge in [0.1, 0.15) is 12.4 Å². The van der Waals surface area contributed by atoms with E-state index in [0.717, 1.165) is 24.4 Å². The van der Waals surface area contributed by atoms with Crippen molar-refractivity contribution in [2.45, 2.75) is 6.61 Å². The summed E-state index contributed by atoms with van der Waals surface area (Å²) in [6, 6.07) is 3.93. The molecule has 0 bridgehead atoms. The molecule has 2 rings (SSSR count). The summed E-state index contributed by atoms with van der Waals surface area (Å²) in [5.41, 5.74) is -0.584. The Labute approximate surface area is 111 Å². The molecule has 0 fully saturated rings. The molecule has 0 atom stereocenters. The molecule has 1 heterocycles. The monoisotopic (exact) mass is 288 g/mol. The Morgan fingerprint density at radius 1 is 1.00 bits per heavy atom. The number of benzene rings is 1. The van der Waals surface area contributed by atoms with Crippen LogP contribution in [0.1, 0.15) is 5.56 Å². The molecule has 0 aliphatic heterocycles. The smallest absolute Gasteiger partial charge is 0.487 e. The molecule has 8 heteroatoms. The van der Waals surface area contributed by atoms with Gasteiger partial charge in [-0.25, -0.2) is 8.78 Å². The number of halogens is 5. The second kappa shape index (κ2) is 5.48. The Hall–Kier alpha value is -2.12. The van der Waals surface area contributed by atoms with Crippen LogP contribution < -0.4 is 10.2 Å². The average Bonchev–Trinajstić information content (AvgIpc) is 2.39. The van der Waals surface area contributed by atoms with E-state index in [-0.39, 0.29) is 12.4 Å². The Morgan fingerprint density at radius 2 is 1.75 bits per heavy atom. The summed E-state index contributed by atoms with van der Waals surface area (Å²) in [4.78, 5) is 3.43. The van der Waals surface area contributed by atoms with Crippen LogP contribution in [0.4, 0.5) is 21.7 Å². The second-order valence-corrected chi connectivity index (χ2v) is 4.07. The maximum absolute atomic E-state index is 12.9. The van der Waals surface area contributed by atoms with E-state index >= 15 is 0 Å². The first-order valence-corrected chi connectivity index (χ1v) is 5.58. The minimum atomic E-state index is -5.16. The van der Waals surface area contributed by atoms with E-state index in [4.69, 9.17) is 4.74 Å². The summed E-state index contributed by atoms with van der Waals surface area (Å²) in [6.45, 7) is -5.35. The van der Waals surface area contributed by atoms with E-state index in [9.17, 15) is 21.7 Å². The van der Waals surface area contributed by atoms with Gasteiger partial charge in [-0.05, 0) is 23.8 Å². The van der Waals surface area contributed by atoms with Crippen molar-refractivity contribution in [3.63, 3.8) is 0 Å². The minimum absolute atomic E-state index is 0.0913. The van der Waals surface area contributed by atoms with Gasteiger partial charge in [-0.3, -0.25) is 4.98 Å². The molecule has 106 valence electrons. The van der Waals surface area contributed by atoms with Crippen LogP contribution in [-0.2, 0) is 6.61 Å². The van der Waals surface area contributed by atoms with Gasteiger partial charge in [0.2, 0.25) is 0 Å². The predicted molar refractivity (Wildman–Crippen MR) is 63.6 cm³/mol. The van der Waals surface area contributed by atoms with E-state index in [0.29, 0.717) is 11.8 Å². The Bertz CT molecular complexity index is 617. The number of pyridine rings is 1. The normalized spacial score (nSPS) is 11.4. The van der Waals surface area contributed by atoms with Crippen molar-refractivity contribution < 1.29 is 26.5 Å². The molecule has 0 saturated heterocycles. The lowest BCUT2D eigenvalue weighted by Gasteiger charge is -2.15. The fourth-order valence-corrected chi connectivity index (χ4v) is 1.49. The summed E-state index contributed by atoms with van der Waals surface area (Å²) < 4.78 is 68.2. The van der Waals surface area contributed by atoms with E-state index in [1.54, 1.807) is 0 Å². The zero-order valence-electron chi connectivity index (χ0n) is 9.99. The summed E-state index contributed by atoms with van der Waals surface area (Å²) in [5, 5.41) is 0. The molecule has 0 N–H and O–H groups in total. The molecular weight excluding hydrogens is 280 g/mol. The number of rotatable bonds is 4. The van der Waals surface area contributed by atoms with Crippen molar-refractivity contribution in [1.29, 1.82) is 0 Å². The largest absolute Gasteiger partial charge is 0.511 e. The average molecular weight is 288 g/mol. The fraction of sp³-hybridized carbons (Fsp3) is 0.0833. The van der Waals surface area contributed by atoms with Gasteiger partial charge in [0, 0.05) is 6.20 Å². The number of ether oxygens (including phenoxy) is 1. The van der Waals surface area contributed by atoms with Crippen LogP contribution >= 0.6 is 0 Å². The zero-order chi connectivity index (χ0) is 14.8. The number of aromatic nitrogens is 1. The van der Waals surface area contributed by atoms with Crippen molar-refractivity contribution in [3.8, 4) is 5.75 Å². The van der Waals surface area contributed by atoms with Crippen molar-refractivity contribution >= 4 is 12.4 Å². The zero-order valence-corrected chi connectivity index (χ0v) is 9.99. The molecule has 0 amide bonds. The van der Waals surface area contributed by atoms with Gasteiger partial charge in [-0.15, -0.1) is 0 Å². The van der Waals surface area contributed by atoms with Crippen molar-refractivity contribution in [2.24, 2.45) is 0 Å². The van der Waals surface area contributed by atoms with Gasteiger partial charge in [-0.2, -0.15) is 0 Å². The Balaban J connectivity index is 2.09. The molecule has 0 unspecified atom stereocenters. The summed E-state index contributed by atoms with van der Waals surface area (Å²) in [7, 11) is 0. The Kier molecular flexibility index (Phi) is 3.92. The highest BCUT2D eigenvalue weighted by Crippen LogP contribution is 2.15. The summed E-state index contributed by atoms with van der Waals surface area (Å²) >= 11 is 0. The van der Waals surface area contributed by atoms with Gasteiger partial charge in [0.15, 0.2) is 11.6 Å². The third-order valence-corrected chi connectivity index (χ3v) is 2.50. The number of hydrogen-bond donors (Lipinski definition) is 0. The standard InChI is InChI=1S/C12H8BF5NO/c14-11-2-1-8(3-12(11)15)7-20-10-4-9(5-19-6-10)13(16,17)18/h1-6H,7H2/q-1. The van der Waals surface area contributed by atoms with E-state index in [1.165, 1.54) is 6.07 Å². The fourth-order valence-electron chi connectivity index (χ4n) is 1.49. The van der Waals surface area contributed by atoms with Crippen LogP contribution in [-0.4, -0.2) is 12.0 Å². The quantitative estimate of drug-likeness (QED) is 0.637. The number of hydrogen-bond acceptors (Lipinski definition) is 2. The molecule has 20 heavy (non-hydrogen) atoms. The van der Waals surface area contributed by atoms with Crippen LogP contribution in [0.15, 0.2) is 36.7 Å². The van der Waals surface area contributed by atoms with Gasteiger partial charge >= 0.3 is 6.98 Å². The first-order valence-electron chi connectivity index (χ1n) is 5.58. The van der Waals surface area contributed by atoms with Crippen molar-refractivity contribution in [3.05, 3.63) is 53.9 Å². The molecule has 0 spiro atoms. The van der Waals surface area contributed by atoms with Gasteiger partial charge in [-0.1, -0.05) is 11.5 Å². The van der Waals surface area contributed by atoms with Crippen LogP contribution in [0, 0.1) is 11.6 Å². The summed E-state index contributed by atoms with van der Waals surface area (Å²) in [5.74, 6) is -2.14. The second-order valence-electron chi connectivity index (χ2n) is 4.07. The van der Waals surface area contributed by atoms with E-state index < -0.39 is 24.1 Å². The van der Waals surface area contributed by atoms with Gasteiger partial charge in [0.25, 0.3) is 0 Å². The minimum Gasteiger partial charge on any atom is -0.487 e. The molecule has 0 saturated carbocycles. The van der Waals surface area contributed by atoms with Crippen LogP contribution in [0.3, 0.4) is 0 Å². The van der Waals surface area contributed by atoms with Gasteiger partial charge < -0.3 is 17.7 Å². The maximum atomic E-state index is 12.9. The molecule has 2 nitrogen and oxygen atoms in total. The first-order chi connectivity index (χ1) is 9.36. The molecule has 0 radical (unpaired) electrons. The SMILES string of the molecule is Fc1ccc(COc2cncc([B-](F)(F)F)c2)cc1F. The lowest BCUT2D eigenvalue weighted by molar-refractivity contribution is 0.304. The highest BCUT2D eigenvalue weighted by atomic mass is 19.4. The summed E-state index contributed by atoms with van der Waals surface area (Å²) in [6.07, 6.45) is 1.82. The molecule has 0 aliphatic rings. The number of nitrogens with zero attached hydrogens (tertiary/aromatic N) is 1. The lowest BCUT2D eigenvalue weighted by Crippen LogP contribution is -2.34. The van der Waals surface area contributed by atoms with Crippen LogP contribution in [0.2, 0.25) is 0 Å². The molecule has 1 aromatic carbocycles. The third-order valence-electron chi connectivity index (χ3n) is 2.50. The highest BCUT2D eigenvalue weighted by Gasteiger charge is 2.26. The van der Waals surface area contributed by atoms with Gasteiger partial charge in [0.05, 0.1) is 6.20 Å². The first kappa shape index (κ1) is 14.3. The lowest BCUT2D eigenvalue weighted by atomic mass is 9.81. The topological polar surface area (TPSA) is 22.1 Å². The predicted octanol–water partition coefficient (Wildman–Crippen LogP) is 2.99. The van der Waals surface area contributed by atoms with E-state index in [1.807, 2.05) is 0 Å². The van der Waals surface area contributed by atoms with Crippen molar-refractivity contribution in [1.82, 2.24) is 4.98 Å².